The lowest BCUT2D eigenvalue weighted by Crippen LogP contribution is -2.36. The number of ether oxygens (including phenoxy) is 1. The Morgan fingerprint density at radius 2 is 1.54 bits per heavy atom. The van der Waals surface area contributed by atoms with Crippen molar-refractivity contribution in [2.75, 3.05) is 55.8 Å². The number of aliphatic hydroxyl groups excluding tert-OH is 1. The summed E-state index contributed by atoms with van der Waals surface area (Å²) in [5.74, 6) is -2.50. The molecule has 1 amide bonds. The smallest absolute Gasteiger partial charge is 0.481 e. The molecular formula is C50H54ClF3N4O10S3. The Kier molecular flexibility index (Phi) is 19.0. The summed E-state index contributed by atoms with van der Waals surface area (Å²) in [6, 6.07) is 31.7. The number of carboxylic acids is 1. The van der Waals surface area contributed by atoms with Gasteiger partial charge in [0.2, 0.25) is 0 Å². The molecular weight excluding hydrogens is 1010 g/mol. The summed E-state index contributed by atoms with van der Waals surface area (Å²) in [5, 5.41) is 23.8. The molecule has 1 aliphatic heterocycles. The van der Waals surface area contributed by atoms with Crippen LogP contribution >= 0.6 is 23.4 Å². The number of aliphatic hydroxyl groups is 1. The Labute approximate surface area is 420 Å². The van der Waals surface area contributed by atoms with E-state index in [1.807, 2.05) is 53.3 Å². The van der Waals surface area contributed by atoms with E-state index in [9.17, 15) is 49.5 Å². The van der Waals surface area contributed by atoms with Crippen LogP contribution in [0.3, 0.4) is 0 Å². The Bertz CT molecular complexity index is 2840. The first-order chi connectivity index (χ1) is 33.7. The van der Waals surface area contributed by atoms with Crippen LogP contribution in [0.25, 0.3) is 11.1 Å². The zero-order valence-electron chi connectivity index (χ0n) is 38.6. The molecule has 4 N–H and O–H groups in total. The summed E-state index contributed by atoms with van der Waals surface area (Å²) in [5.41, 5.74) is -3.02. The second-order valence-corrected chi connectivity index (χ2v) is 22.1. The fourth-order valence-corrected chi connectivity index (χ4v) is 11.1. The van der Waals surface area contributed by atoms with Crippen molar-refractivity contribution in [1.82, 2.24) is 9.62 Å². The van der Waals surface area contributed by atoms with E-state index < -0.39 is 70.8 Å². The molecule has 1 fully saturated rings. The number of alkyl halides is 3. The number of benzene rings is 5. The number of carboxylic acid groups (broad SMARTS) is 1. The summed E-state index contributed by atoms with van der Waals surface area (Å²) in [6.45, 7) is 1.71. The third kappa shape index (κ3) is 15.2. The molecule has 1 saturated heterocycles. The van der Waals surface area contributed by atoms with Gasteiger partial charge in [0, 0.05) is 65.4 Å². The number of nitrogens with zero attached hydrogens (tertiary/aromatic N) is 2. The van der Waals surface area contributed by atoms with Gasteiger partial charge in [-0.1, -0.05) is 66.2 Å². The highest BCUT2D eigenvalue weighted by atomic mass is 35.5. The number of aliphatic carboxylic acids is 1. The first kappa shape index (κ1) is 54.7. The predicted octanol–water partition coefficient (Wildman–Crippen LogP) is 9.06. The van der Waals surface area contributed by atoms with Crippen molar-refractivity contribution < 1.29 is 59.3 Å². The highest BCUT2D eigenvalue weighted by Gasteiger charge is 2.48. The highest BCUT2D eigenvalue weighted by Crippen LogP contribution is 2.39. The Hall–Kier alpha value is -5.64. The molecule has 0 spiro atoms. The average Bonchev–Trinajstić information content (AvgIpc) is 3.34. The van der Waals surface area contributed by atoms with Gasteiger partial charge in [-0.3, -0.25) is 14.4 Å². The number of anilines is 2. The molecule has 0 bridgehead atoms. The van der Waals surface area contributed by atoms with E-state index in [1.165, 1.54) is 23.9 Å². The number of rotatable bonds is 23. The van der Waals surface area contributed by atoms with Crippen LogP contribution in [0.4, 0.5) is 24.5 Å². The predicted molar refractivity (Wildman–Crippen MR) is 267 cm³/mol. The number of esters is 1. The summed E-state index contributed by atoms with van der Waals surface area (Å²) >= 11 is 7.45. The largest absolute Gasteiger partial charge is 0.501 e. The lowest BCUT2D eigenvalue weighted by molar-refractivity contribution is -0.144. The van der Waals surface area contributed by atoms with Gasteiger partial charge in [0.15, 0.2) is 0 Å². The molecule has 0 radical (unpaired) electrons. The number of nitrogens with one attached hydrogen (secondary N) is 2. The second-order valence-electron chi connectivity index (χ2n) is 17.0. The fraction of sp³-hybridized carbons (Fsp3) is 0.340. The van der Waals surface area contributed by atoms with E-state index in [0.29, 0.717) is 43.6 Å². The molecule has 1 aliphatic rings. The van der Waals surface area contributed by atoms with Crippen LogP contribution in [0, 0.1) is 5.92 Å². The van der Waals surface area contributed by atoms with Gasteiger partial charge in [-0.05, 0) is 129 Å². The molecule has 2 unspecified atom stereocenters. The molecule has 71 heavy (non-hydrogen) atoms. The van der Waals surface area contributed by atoms with Crippen molar-refractivity contribution in [2.45, 2.75) is 70.9 Å². The SMILES string of the molecule is CN(CCOC(=O)CCCC(=O)O)CCC(CSc1ccccc1)Nc1ccc(S(=O)(=O)NC(=O)c2ccc(N3CCC(C(O)c4ccccc4-c4ccc(Cl)cc4)CC3)cc2)cc1S(=O)(=O)C(F)(F)F. The van der Waals surface area contributed by atoms with Crippen LogP contribution in [0.15, 0.2) is 136 Å². The molecule has 0 aliphatic carbocycles. The molecule has 2 atom stereocenters. The normalized spacial score (nSPS) is 14.4. The van der Waals surface area contributed by atoms with Gasteiger partial charge in [0.1, 0.15) is 11.5 Å². The van der Waals surface area contributed by atoms with Crippen LogP contribution in [0.2, 0.25) is 5.02 Å². The van der Waals surface area contributed by atoms with Crippen LogP contribution in [-0.2, 0) is 34.2 Å². The van der Waals surface area contributed by atoms with E-state index in [0.717, 1.165) is 39.4 Å². The molecule has 5 aromatic rings. The van der Waals surface area contributed by atoms with Crippen LogP contribution < -0.4 is 14.9 Å². The summed E-state index contributed by atoms with van der Waals surface area (Å²) in [7, 11) is -9.38. The second kappa shape index (κ2) is 24.7. The maximum atomic E-state index is 14.2. The number of carbonyl (C=O) groups excluding carboxylic acids is 2. The zero-order valence-corrected chi connectivity index (χ0v) is 41.8. The lowest BCUT2D eigenvalue weighted by Gasteiger charge is -2.36. The molecule has 0 saturated carbocycles. The minimum absolute atomic E-state index is 0.0131. The van der Waals surface area contributed by atoms with Crippen LogP contribution in [0.5, 0.6) is 0 Å². The van der Waals surface area contributed by atoms with Gasteiger partial charge in [-0.2, -0.15) is 13.2 Å². The van der Waals surface area contributed by atoms with E-state index in [-0.39, 0.29) is 56.1 Å². The molecule has 14 nitrogen and oxygen atoms in total. The van der Waals surface area contributed by atoms with E-state index >= 15 is 0 Å². The zero-order chi connectivity index (χ0) is 51.3. The maximum Gasteiger partial charge on any atom is 0.501 e. The van der Waals surface area contributed by atoms with Crippen molar-refractivity contribution in [3.8, 4) is 11.1 Å². The minimum Gasteiger partial charge on any atom is -0.481 e. The number of carbonyl (C=O) groups is 3. The van der Waals surface area contributed by atoms with Crippen molar-refractivity contribution in [1.29, 1.82) is 0 Å². The van der Waals surface area contributed by atoms with Gasteiger partial charge in [0.05, 0.1) is 16.7 Å². The number of halogens is 4. The first-order valence-corrected chi connectivity index (χ1v) is 27.0. The first-order valence-electron chi connectivity index (χ1n) is 22.6. The molecule has 21 heteroatoms. The van der Waals surface area contributed by atoms with Gasteiger partial charge in [-0.25, -0.2) is 21.6 Å². The van der Waals surface area contributed by atoms with E-state index in [4.69, 9.17) is 21.4 Å². The molecule has 6 rings (SSSR count). The lowest BCUT2D eigenvalue weighted by atomic mass is 9.84. The van der Waals surface area contributed by atoms with E-state index in [2.05, 4.69) is 10.2 Å². The topological polar surface area (TPSA) is 200 Å². The van der Waals surface area contributed by atoms with Gasteiger partial charge in [0.25, 0.3) is 25.8 Å². The Morgan fingerprint density at radius 1 is 0.873 bits per heavy atom. The summed E-state index contributed by atoms with van der Waals surface area (Å²) in [6.07, 6.45) is 0.704. The molecule has 1 heterocycles. The van der Waals surface area contributed by atoms with Gasteiger partial charge < -0.3 is 30.1 Å². The quantitative estimate of drug-likeness (QED) is 0.0357. The Morgan fingerprint density at radius 3 is 2.20 bits per heavy atom. The van der Waals surface area contributed by atoms with Crippen LogP contribution in [-0.4, -0.2) is 107 Å². The molecule has 0 aromatic heterocycles. The number of sulfonamides is 1. The van der Waals surface area contributed by atoms with Crippen molar-refractivity contribution in [3.63, 3.8) is 0 Å². The number of likely N-dealkylation sites (N-methyl/N-ethyl adjacent to an activating group) is 1. The third-order valence-electron chi connectivity index (χ3n) is 11.9. The number of hydrogen-bond donors (Lipinski definition) is 4. The van der Waals surface area contributed by atoms with Crippen molar-refractivity contribution in [3.05, 3.63) is 137 Å². The standard InChI is InChI=1S/C50H54ClF3N4O10S3/c1-57(30-31-68-47(61)13-7-12-46(59)60)27-26-38(33-69-40-8-3-2-4-9-40)55-44-23-22-41(32-45(44)70(64,65)50(52,53)54)71(66,67)56-49(63)36-16-20-39(21-17-36)58-28-24-35(25-29-58)48(62)43-11-6-5-10-42(43)34-14-18-37(51)19-15-34/h2-6,8-11,14-23,32,35,38,48,55,62H,7,12-13,24-31,33H2,1H3,(H,56,63)(H,59,60). The maximum absolute atomic E-state index is 14.2. The summed E-state index contributed by atoms with van der Waals surface area (Å²) in [4.78, 5) is 38.5. The summed E-state index contributed by atoms with van der Waals surface area (Å²) < 4.78 is 103. The highest BCUT2D eigenvalue weighted by molar-refractivity contribution is 7.99. The third-order valence-corrected chi connectivity index (χ3v) is 16.2. The van der Waals surface area contributed by atoms with Crippen LogP contribution in [0.1, 0.15) is 60.6 Å². The van der Waals surface area contributed by atoms with Crippen molar-refractivity contribution in [2.24, 2.45) is 5.92 Å². The van der Waals surface area contributed by atoms with Crippen molar-refractivity contribution >= 4 is 72.4 Å². The number of thioether (sulfide) groups is 1. The van der Waals surface area contributed by atoms with Gasteiger partial charge >= 0.3 is 17.4 Å². The number of piperidine rings is 1. The number of sulfone groups is 1. The molecule has 380 valence electrons. The van der Waals surface area contributed by atoms with Gasteiger partial charge in [-0.15, -0.1) is 11.8 Å². The average molecular weight is 1060 g/mol. The minimum atomic E-state index is -6.16. The monoisotopic (exact) mass is 1060 g/mol. The number of amides is 1. The number of hydrogen-bond acceptors (Lipinski definition) is 13. The Balaban J connectivity index is 1.11. The fourth-order valence-electron chi connectivity index (χ4n) is 7.96. The van der Waals surface area contributed by atoms with E-state index in [1.54, 1.807) is 54.4 Å². The molecule has 5 aromatic carbocycles.